The summed E-state index contributed by atoms with van der Waals surface area (Å²) in [6.07, 6.45) is 4.00. The fourth-order valence-electron chi connectivity index (χ4n) is 3.70. The van der Waals surface area contributed by atoms with Crippen LogP contribution in [0, 0.1) is 0 Å². The highest BCUT2D eigenvalue weighted by Gasteiger charge is 2.24. The number of halogens is 1. The van der Waals surface area contributed by atoms with Crippen molar-refractivity contribution in [1.82, 2.24) is 30.4 Å². The number of para-hydroxylation sites is 1. The van der Waals surface area contributed by atoms with Crippen LogP contribution in [-0.4, -0.2) is 44.1 Å². The summed E-state index contributed by atoms with van der Waals surface area (Å²) in [6.45, 7) is 0.643. The van der Waals surface area contributed by atoms with Gasteiger partial charge in [-0.05, 0) is 43.5 Å². The highest BCUT2D eigenvalue weighted by Crippen LogP contribution is 2.33. The molecule has 4 aromatic rings. The van der Waals surface area contributed by atoms with E-state index in [-0.39, 0.29) is 11.8 Å². The van der Waals surface area contributed by atoms with Crippen molar-refractivity contribution >= 4 is 46.5 Å². The number of aromatic nitrogens is 4. The number of nitrogens with zero attached hydrogens (tertiary/aromatic N) is 4. The van der Waals surface area contributed by atoms with Gasteiger partial charge < -0.3 is 15.1 Å². The van der Waals surface area contributed by atoms with Crippen molar-refractivity contribution in [3.05, 3.63) is 63.8 Å². The molecule has 1 aromatic carbocycles. The van der Waals surface area contributed by atoms with Crippen LogP contribution in [-0.2, 0) is 10.5 Å². The molecule has 0 bridgehead atoms. The number of nitrogens with one attached hydrogen (secondary N) is 2. The molecule has 35 heavy (non-hydrogen) atoms. The summed E-state index contributed by atoms with van der Waals surface area (Å²) in [5, 5.41) is 17.9. The van der Waals surface area contributed by atoms with Crippen LogP contribution < -0.4 is 10.6 Å². The fraction of sp³-hybridized carbons (Fsp3) is 0.261. The van der Waals surface area contributed by atoms with E-state index in [0.717, 1.165) is 23.5 Å². The molecule has 12 heteroatoms. The van der Waals surface area contributed by atoms with E-state index in [4.69, 9.17) is 16.0 Å². The number of hydrogen-bond donors (Lipinski definition) is 2. The zero-order valence-electron chi connectivity index (χ0n) is 18.4. The molecular formula is C23H21ClN6O3S2. The minimum atomic E-state index is -0.529. The quantitative estimate of drug-likeness (QED) is 0.343. The molecule has 1 aliphatic heterocycles. The van der Waals surface area contributed by atoms with Crippen LogP contribution in [0.3, 0.4) is 0 Å². The Morgan fingerprint density at radius 2 is 2.14 bits per heavy atom. The molecule has 2 amide bonds. The van der Waals surface area contributed by atoms with Crippen LogP contribution in [0.5, 0.6) is 0 Å². The number of hydrogen-bond acceptors (Lipinski definition) is 8. The summed E-state index contributed by atoms with van der Waals surface area (Å²) in [7, 11) is 0. The maximum atomic E-state index is 12.7. The van der Waals surface area contributed by atoms with Gasteiger partial charge in [-0.2, -0.15) is 0 Å². The van der Waals surface area contributed by atoms with Crippen molar-refractivity contribution in [2.24, 2.45) is 0 Å². The van der Waals surface area contributed by atoms with Crippen molar-refractivity contribution in [3.63, 3.8) is 0 Å². The SMILES string of the molecule is O=C(NC1CCCCNC1=O)c1csc(CSc2nnc(-c3ccco3)n2-c2ccccc2Cl)n1. The van der Waals surface area contributed by atoms with Crippen LogP contribution in [0.15, 0.2) is 57.6 Å². The zero-order valence-corrected chi connectivity index (χ0v) is 20.8. The average Bonchev–Trinajstić information content (AvgIpc) is 3.60. The van der Waals surface area contributed by atoms with Crippen molar-refractivity contribution in [1.29, 1.82) is 0 Å². The van der Waals surface area contributed by atoms with Crippen LogP contribution in [0.4, 0.5) is 0 Å². The van der Waals surface area contributed by atoms with Gasteiger partial charge in [0.2, 0.25) is 11.7 Å². The maximum absolute atomic E-state index is 12.7. The molecule has 0 saturated carbocycles. The van der Waals surface area contributed by atoms with E-state index in [0.29, 0.717) is 46.2 Å². The third-order valence-corrected chi connectivity index (χ3v) is 7.71. The number of rotatable bonds is 7. The lowest BCUT2D eigenvalue weighted by molar-refractivity contribution is -0.122. The van der Waals surface area contributed by atoms with E-state index < -0.39 is 6.04 Å². The van der Waals surface area contributed by atoms with Gasteiger partial charge in [-0.15, -0.1) is 21.5 Å². The third kappa shape index (κ3) is 5.26. The smallest absolute Gasteiger partial charge is 0.271 e. The van der Waals surface area contributed by atoms with Crippen molar-refractivity contribution in [3.8, 4) is 17.3 Å². The van der Waals surface area contributed by atoms with Gasteiger partial charge in [0.1, 0.15) is 16.7 Å². The summed E-state index contributed by atoms with van der Waals surface area (Å²) in [5.41, 5.74) is 1.03. The van der Waals surface area contributed by atoms with Crippen molar-refractivity contribution in [2.75, 3.05) is 6.54 Å². The third-order valence-electron chi connectivity index (χ3n) is 5.42. The van der Waals surface area contributed by atoms with Crippen LogP contribution in [0.1, 0.15) is 34.8 Å². The largest absolute Gasteiger partial charge is 0.461 e. The molecule has 1 fully saturated rings. The van der Waals surface area contributed by atoms with Crippen LogP contribution in [0.2, 0.25) is 5.02 Å². The van der Waals surface area contributed by atoms with Crippen molar-refractivity contribution < 1.29 is 14.0 Å². The number of thiazole rings is 1. The van der Waals surface area contributed by atoms with Crippen LogP contribution in [0.25, 0.3) is 17.3 Å². The van der Waals surface area contributed by atoms with E-state index in [9.17, 15) is 9.59 Å². The summed E-state index contributed by atoms with van der Waals surface area (Å²) < 4.78 is 7.39. The van der Waals surface area contributed by atoms with Gasteiger partial charge >= 0.3 is 0 Å². The number of thioether (sulfide) groups is 1. The van der Waals surface area contributed by atoms with E-state index in [2.05, 4.69) is 25.8 Å². The Labute approximate surface area is 214 Å². The minimum Gasteiger partial charge on any atom is -0.461 e. The van der Waals surface area contributed by atoms with Gasteiger partial charge in [-0.1, -0.05) is 35.5 Å². The molecule has 9 nitrogen and oxygen atoms in total. The molecule has 2 N–H and O–H groups in total. The second kappa shape index (κ2) is 10.6. The molecule has 3 aromatic heterocycles. The number of benzene rings is 1. The number of carbonyl (C=O) groups is 2. The molecule has 0 radical (unpaired) electrons. The molecule has 1 aliphatic rings. The van der Waals surface area contributed by atoms with Gasteiger partial charge in [0.15, 0.2) is 10.9 Å². The molecule has 1 unspecified atom stereocenters. The van der Waals surface area contributed by atoms with E-state index in [1.807, 2.05) is 28.8 Å². The topological polar surface area (TPSA) is 115 Å². The average molecular weight is 529 g/mol. The summed E-state index contributed by atoms with van der Waals surface area (Å²) >= 11 is 9.28. The summed E-state index contributed by atoms with van der Waals surface area (Å²) in [4.78, 5) is 29.3. The van der Waals surface area contributed by atoms with Gasteiger partial charge in [0.25, 0.3) is 5.91 Å². The lowest BCUT2D eigenvalue weighted by atomic mass is 10.1. The van der Waals surface area contributed by atoms with Gasteiger partial charge in [0, 0.05) is 11.9 Å². The molecule has 0 aliphatic carbocycles. The Bertz CT molecular complexity index is 1340. The van der Waals surface area contributed by atoms with Gasteiger partial charge in [-0.3, -0.25) is 14.2 Å². The Balaban J connectivity index is 1.32. The summed E-state index contributed by atoms with van der Waals surface area (Å²) in [6, 6.07) is 10.5. The predicted molar refractivity (Wildman–Crippen MR) is 134 cm³/mol. The van der Waals surface area contributed by atoms with E-state index in [1.54, 1.807) is 23.8 Å². The van der Waals surface area contributed by atoms with Crippen molar-refractivity contribution in [2.45, 2.75) is 36.2 Å². The maximum Gasteiger partial charge on any atom is 0.271 e. The lowest BCUT2D eigenvalue weighted by Gasteiger charge is -2.14. The fourth-order valence-corrected chi connectivity index (χ4v) is 5.65. The first-order valence-corrected chi connectivity index (χ1v) is 13.2. The molecule has 0 spiro atoms. The highest BCUT2D eigenvalue weighted by molar-refractivity contribution is 7.98. The minimum absolute atomic E-state index is 0.145. The van der Waals surface area contributed by atoms with E-state index >= 15 is 0 Å². The Morgan fingerprint density at radius 3 is 2.97 bits per heavy atom. The second-order valence-electron chi connectivity index (χ2n) is 7.80. The zero-order chi connectivity index (χ0) is 24.2. The molecule has 1 atom stereocenters. The number of amides is 2. The number of furan rings is 1. The Hall–Kier alpha value is -3.15. The second-order valence-corrected chi connectivity index (χ2v) is 10.1. The Kier molecular flexibility index (Phi) is 7.16. The normalized spacial score (nSPS) is 16.0. The molecule has 180 valence electrons. The van der Waals surface area contributed by atoms with Gasteiger partial charge in [-0.25, -0.2) is 4.98 Å². The first-order valence-electron chi connectivity index (χ1n) is 11.0. The predicted octanol–water partition coefficient (Wildman–Crippen LogP) is 4.33. The monoisotopic (exact) mass is 528 g/mol. The standard InChI is InChI=1S/C23H21ClN6O3S2/c24-14-6-1-2-8-17(14)30-20(18-9-5-11-33-18)28-29-23(30)35-13-19-26-16(12-34-19)22(32)27-15-7-3-4-10-25-21(15)31/h1-2,5-6,8-9,11-12,15H,3-4,7,10,13H2,(H,25,31)(H,27,32). The molecular weight excluding hydrogens is 508 g/mol. The first-order chi connectivity index (χ1) is 17.1. The number of carbonyl (C=O) groups excluding carboxylic acids is 2. The summed E-state index contributed by atoms with van der Waals surface area (Å²) in [5.74, 6) is 1.08. The van der Waals surface area contributed by atoms with E-state index in [1.165, 1.54) is 23.1 Å². The first kappa shape index (κ1) is 23.6. The molecule has 5 rings (SSSR count). The molecule has 4 heterocycles. The highest BCUT2D eigenvalue weighted by atomic mass is 35.5. The Morgan fingerprint density at radius 1 is 1.26 bits per heavy atom. The lowest BCUT2D eigenvalue weighted by Crippen LogP contribution is -2.45. The molecule has 1 saturated heterocycles. The van der Waals surface area contributed by atoms with Crippen LogP contribution >= 0.6 is 34.7 Å². The van der Waals surface area contributed by atoms with Gasteiger partial charge in [0.05, 0.1) is 22.7 Å².